The summed E-state index contributed by atoms with van der Waals surface area (Å²) in [6, 6.07) is 50.0. The van der Waals surface area contributed by atoms with Gasteiger partial charge >= 0.3 is 0 Å². The van der Waals surface area contributed by atoms with E-state index in [0.29, 0.717) is 0 Å². The van der Waals surface area contributed by atoms with Crippen LogP contribution in [0.1, 0.15) is 27.8 Å². The fourth-order valence-corrected chi connectivity index (χ4v) is 6.64. The van der Waals surface area contributed by atoms with Crippen LogP contribution in [0.4, 0.5) is 0 Å². The van der Waals surface area contributed by atoms with Crippen molar-refractivity contribution >= 4 is 0 Å². The Morgan fingerprint density at radius 3 is 1.49 bits per heavy atom. The second kappa shape index (κ2) is 12.7. The molecule has 0 aliphatic carbocycles. The van der Waals surface area contributed by atoms with Crippen molar-refractivity contribution in [2.75, 3.05) is 13.7 Å². The van der Waals surface area contributed by atoms with Crippen molar-refractivity contribution in [1.29, 1.82) is 0 Å². The lowest BCUT2D eigenvalue weighted by Crippen LogP contribution is -2.66. The highest BCUT2D eigenvalue weighted by molar-refractivity contribution is 5.47. The van der Waals surface area contributed by atoms with Gasteiger partial charge in [0.25, 0.3) is 0 Å². The number of aliphatic hydroxyl groups excluding tert-OH is 1. The van der Waals surface area contributed by atoms with Gasteiger partial charge in [0.2, 0.25) is 5.79 Å². The lowest BCUT2D eigenvalue weighted by atomic mass is 9.79. The van der Waals surface area contributed by atoms with Gasteiger partial charge in [0.15, 0.2) is 6.29 Å². The van der Waals surface area contributed by atoms with Gasteiger partial charge in [0.1, 0.15) is 30.0 Å². The molecule has 0 spiro atoms. The van der Waals surface area contributed by atoms with Gasteiger partial charge in [-0.05, 0) is 16.7 Å². The molecule has 7 rings (SSSR count). The molecule has 2 aliphatic heterocycles. The fourth-order valence-electron chi connectivity index (χ4n) is 6.64. The number of fused-ring (bicyclic) bond motifs is 1. The lowest BCUT2D eigenvalue weighted by molar-refractivity contribution is -0.391. The average molecular weight is 601 g/mol. The van der Waals surface area contributed by atoms with E-state index in [4.69, 9.17) is 23.7 Å². The summed E-state index contributed by atoms with van der Waals surface area (Å²) in [5.74, 6) is -1.26. The van der Waals surface area contributed by atoms with Crippen LogP contribution < -0.4 is 0 Å². The largest absolute Gasteiger partial charge is 0.385 e. The van der Waals surface area contributed by atoms with Crippen LogP contribution in [0.3, 0.4) is 0 Å². The first-order valence-electron chi connectivity index (χ1n) is 15.3. The minimum Gasteiger partial charge on any atom is -0.385 e. The Kier molecular flexibility index (Phi) is 8.34. The zero-order chi connectivity index (χ0) is 30.7. The van der Waals surface area contributed by atoms with Crippen LogP contribution in [-0.4, -0.2) is 49.5 Å². The Hall–Kier alpha value is -4.14. The molecule has 0 bridgehead atoms. The van der Waals surface area contributed by atoms with E-state index in [-0.39, 0.29) is 6.61 Å². The van der Waals surface area contributed by atoms with Gasteiger partial charge in [0.05, 0.1) is 6.61 Å². The molecule has 0 radical (unpaired) electrons. The molecular formula is C39H36O6. The van der Waals surface area contributed by atoms with Crippen LogP contribution in [0.2, 0.25) is 0 Å². The molecule has 2 heterocycles. The maximum atomic E-state index is 12.0. The Morgan fingerprint density at radius 2 is 1.07 bits per heavy atom. The second-order valence-corrected chi connectivity index (χ2v) is 11.4. The minimum atomic E-state index is -1.26. The van der Waals surface area contributed by atoms with Gasteiger partial charge in [-0.25, -0.2) is 0 Å². The van der Waals surface area contributed by atoms with Crippen molar-refractivity contribution in [2.45, 2.75) is 42.1 Å². The van der Waals surface area contributed by atoms with Crippen molar-refractivity contribution in [3.05, 3.63) is 179 Å². The van der Waals surface area contributed by atoms with E-state index in [0.717, 1.165) is 27.8 Å². The molecular weight excluding hydrogens is 564 g/mol. The predicted octanol–water partition coefficient (Wildman–Crippen LogP) is 6.41. The molecule has 0 amide bonds. The molecule has 5 aromatic carbocycles. The monoisotopic (exact) mass is 600 g/mol. The topological polar surface area (TPSA) is 66.4 Å². The standard InChI is InChI=1S/C39H36O6/c1-41-37-34(40)36(35-33(43-37)27-42-39(45-35,31-23-13-5-14-24-31)32-25-15-6-16-26-32)44-38(28-17-7-2-8-18-28,29-19-9-3-10-20-29)30-21-11-4-12-22-30/h2-26,33-37,40H,27H2,1H3/t33-,34-,35-,36-,37+/m1/s1. The first kappa shape index (κ1) is 29.6. The third-order valence-corrected chi connectivity index (χ3v) is 8.76. The van der Waals surface area contributed by atoms with Crippen molar-refractivity contribution in [3.8, 4) is 0 Å². The molecule has 45 heavy (non-hydrogen) atoms. The molecule has 6 nitrogen and oxygen atoms in total. The highest BCUT2D eigenvalue weighted by Crippen LogP contribution is 2.47. The molecule has 228 valence electrons. The van der Waals surface area contributed by atoms with E-state index in [1.807, 2.05) is 115 Å². The number of rotatable bonds is 8. The van der Waals surface area contributed by atoms with E-state index < -0.39 is 42.1 Å². The van der Waals surface area contributed by atoms with Gasteiger partial charge in [-0.15, -0.1) is 0 Å². The van der Waals surface area contributed by atoms with Crippen molar-refractivity contribution in [3.63, 3.8) is 0 Å². The van der Waals surface area contributed by atoms with Gasteiger partial charge in [-0.3, -0.25) is 0 Å². The van der Waals surface area contributed by atoms with E-state index in [9.17, 15) is 5.11 Å². The highest BCUT2D eigenvalue weighted by atomic mass is 16.8. The highest BCUT2D eigenvalue weighted by Gasteiger charge is 2.57. The number of hydrogen-bond donors (Lipinski definition) is 1. The van der Waals surface area contributed by atoms with Gasteiger partial charge < -0.3 is 28.8 Å². The van der Waals surface area contributed by atoms with Crippen LogP contribution in [-0.2, 0) is 35.1 Å². The number of ether oxygens (including phenoxy) is 5. The second-order valence-electron chi connectivity index (χ2n) is 11.4. The number of benzene rings is 5. The fraction of sp³-hybridized carbons (Fsp3) is 0.231. The Balaban J connectivity index is 1.41. The third-order valence-electron chi connectivity index (χ3n) is 8.76. The number of hydrogen-bond acceptors (Lipinski definition) is 6. The van der Waals surface area contributed by atoms with Gasteiger partial charge in [-0.2, -0.15) is 0 Å². The Bertz CT molecular complexity index is 1510. The molecule has 5 atom stereocenters. The van der Waals surface area contributed by atoms with Crippen LogP contribution in [0.25, 0.3) is 0 Å². The molecule has 0 saturated carbocycles. The molecule has 2 aliphatic rings. The first-order valence-corrected chi connectivity index (χ1v) is 15.3. The summed E-state index contributed by atoms with van der Waals surface area (Å²) in [6.45, 7) is 0.190. The SMILES string of the molecule is CO[C@H]1O[C@@H]2COC(c3ccccc3)(c3ccccc3)O[C@H]2[C@H](OC(c2ccccc2)(c2ccccc2)c2ccccc2)[C@H]1O. The summed E-state index contributed by atoms with van der Waals surface area (Å²) in [5, 5.41) is 12.0. The van der Waals surface area contributed by atoms with E-state index in [2.05, 4.69) is 36.4 Å². The summed E-state index contributed by atoms with van der Waals surface area (Å²) < 4.78 is 33.1. The van der Waals surface area contributed by atoms with Gasteiger partial charge in [0, 0.05) is 18.2 Å². The number of aliphatic hydroxyl groups is 1. The van der Waals surface area contributed by atoms with Crippen molar-refractivity contribution in [2.24, 2.45) is 0 Å². The summed E-state index contributed by atoms with van der Waals surface area (Å²) in [7, 11) is 1.52. The summed E-state index contributed by atoms with van der Waals surface area (Å²) in [6.07, 6.45) is -4.36. The molecule has 5 aromatic rings. The average Bonchev–Trinajstić information content (AvgIpc) is 3.13. The van der Waals surface area contributed by atoms with Crippen LogP contribution in [0, 0.1) is 0 Å². The zero-order valence-electron chi connectivity index (χ0n) is 25.0. The smallest absolute Gasteiger partial charge is 0.222 e. The molecule has 0 unspecified atom stereocenters. The molecule has 1 N–H and O–H groups in total. The Morgan fingerprint density at radius 1 is 0.644 bits per heavy atom. The predicted molar refractivity (Wildman–Crippen MR) is 170 cm³/mol. The van der Waals surface area contributed by atoms with Crippen molar-refractivity contribution in [1.82, 2.24) is 0 Å². The molecule has 2 fully saturated rings. The van der Waals surface area contributed by atoms with Gasteiger partial charge in [-0.1, -0.05) is 152 Å². The third kappa shape index (κ3) is 5.30. The van der Waals surface area contributed by atoms with E-state index in [1.54, 1.807) is 0 Å². The summed E-state index contributed by atoms with van der Waals surface area (Å²) in [5.41, 5.74) is 3.29. The van der Waals surface area contributed by atoms with Crippen molar-refractivity contribution < 1.29 is 28.8 Å². The maximum absolute atomic E-state index is 12.0. The van der Waals surface area contributed by atoms with E-state index in [1.165, 1.54) is 7.11 Å². The minimum absolute atomic E-state index is 0.190. The molecule has 6 heteroatoms. The van der Waals surface area contributed by atoms with E-state index >= 15 is 0 Å². The Labute approximate surface area is 263 Å². The van der Waals surface area contributed by atoms with Crippen LogP contribution in [0.15, 0.2) is 152 Å². The normalized spacial score (nSPS) is 24.4. The van der Waals surface area contributed by atoms with Crippen LogP contribution >= 0.6 is 0 Å². The zero-order valence-corrected chi connectivity index (χ0v) is 25.0. The maximum Gasteiger partial charge on any atom is 0.222 e. The molecule has 2 saturated heterocycles. The lowest BCUT2D eigenvalue weighted by Gasteiger charge is -2.53. The quantitative estimate of drug-likeness (QED) is 0.208. The summed E-state index contributed by atoms with van der Waals surface area (Å²) in [4.78, 5) is 0. The van der Waals surface area contributed by atoms with Crippen LogP contribution in [0.5, 0.6) is 0 Å². The molecule has 0 aromatic heterocycles. The first-order chi connectivity index (χ1) is 22.2. The number of methoxy groups -OCH3 is 1. The summed E-state index contributed by atoms with van der Waals surface area (Å²) >= 11 is 0.